The maximum atomic E-state index is 13.1. The van der Waals surface area contributed by atoms with E-state index in [2.05, 4.69) is 28.2 Å². The molecule has 1 saturated heterocycles. The zero-order valence-electron chi connectivity index (χ0n) is 17.7. The van der Waals surface area contributed by atoms with Gasteiger partial charge in [0.05, 0.1) is 11.3 Å². The Bertz CT molecular complexity index is 1030. The lowest BCUT2D eigenvalue weighted by Gasteiger charge is -2.34. The molecule has 160 valence electrons. The summed E-state index contributed by atoms with van der Waals surface area (Å²) in [5.74, 6) is -0.779. The van der Waals surface area contributed by atoms with E-state index in [4.69, 9.17) is 5.41 Å². The number of nitrogens with two attached hydrogens (primary N) is 1. The van der Waals surface area contributed by atoms with Crippen LogP contribution >= 0.6 is 0 Å². The maximum Gasteiger partial charge on any atom is 0.262 e. The number of carbonyl (C=O) groups is 1. The van der Waals surface area contributed by atoms with Crippen molar-refractivity contribution in [3.05, 3.63) is 65.1 Å². The molecular formula is C23H26FN6O+. The molecule has 0 unspecified atom stereocenters. The Hall–Kier alpha value is -3.54. The van der Waals surface area contributed by atoms with Gasteiger partial charge in [0.2, 0.25) is 0 Å². The van der Waals surface area contributed by atoms with Gasteiger partial charge in [0.15, 0.2) is 0 Å². The quantitative estimate of drug-likeness (QED) is 0.378. The summed E-state index contributed by atoms with van der Waals surface area (Å²) in [5, 5.41) is 21.8. The zero-order valence-corrected chi connectivity index (χ0v) is 17.7. The average molecular weight is 422 g/mol. The number of piperazine rings is 1. The van der Waals surface area contributed by atoms with Crippen molar-refractivity contribution in [2.24, 2.45) is 0 Å². The van der Waals surface area contributed by atoms with Crippen LogP contribution in [0, 0.1) is 22.6 Å². The molecule has 1 amide bonds. The van der Waals surface area contributed by atoms with Crippen LogP contribution < -0.4 is 15.5 Å². The second-order valence-electron chi connectivity index (χ2n) is 7.53. The summed E-state index contributed by atoms with van der Waals surface area (Å²) >= 11 is 0. The molecule has 7 nitrogen and oxygen atoms in total. The molecule has 0 radical (unpaired) electrons. The van der Waals surface area contributed by atoms with E-state index >= 15 is 0 Å². The molecule has 0 saturated carbocycles. The third kappa shape index (κ3) is 5.54. The zero-order chi connectivity index (χ0) is 22.4. The van der Waals surface area contributed by atoms with Crippen molar-refractivity contribution in [3.63, 3.8) is 0 Å². The van der Waals surface area contributed by atoms with Gasteiger partial charge in [-0.15, -0.1) is 0 Å². The number of nitriles is 1. The van der Waals surface area contributed by atoms with Crippen LogP contribution in [-0.4, -0.2) is 50.2 Å². The smallest absolute Gasteiger partial charge is 0.262 e. The van der Waals surface area contributed by atoms with Crippen LogP contribution in [0.15, 0.2) is 53.7 Å². The van der Waals surface area contributed by atoms with Gasteiger partial charge in [-0.1, -0.05) is 0 Å². The number of anilines is 2. The number of benzene rings is 2. The molecule has 0 bridgehead atoms. The summed E-state index contributed by atoms with van der Waals surface area (Å²) in [7, 11) is 2.07. The normalized spacial score (nSPS) is 15.1. The molecule has 1 aliphatic rings. The van der Waals surface area contributed by atoms with Crippen molar-refractivity contribution in [1.29, 1.82) is 10.7 Å². The minimum absolute atomic E-state index is 0.186. The molecule has 0 aromatic heterocycles. The van der Waals surface area contributed by atoms with Gasteiger partial charge in [-0.2, -0.15) is 5.26 Å². The number of hydrogen-bond acceptors (Lipinski definition) is 5. The van der Waals surface area contributed by atoms with Crippen LogP contribution in [0.5, 0.6) is 0 Å². The number of allylic oxidation sites excluding steroid dienone is 1. The minimum Gasteiger partial charge on any atom is -0.368 e. The number of nitrogens with zero attached hydrogens (tertiary/aromatic N) is 3. The first kappa shape index (κ1) is 22.2. The van der Waals surface area contributed by atoms with Gasteiger partial charge in [0.25, 0.3) is 5.91 Å². The first-order chi connectivity index (χ1) is 14.9. The molecule has 0 spiro atoms. The third-order valence-electron chi connectivity index (χ3n) is 5.29. The van der Waals surface area contributed by atoms with Crippen LogP contribution in [0.3, 0.4) is 0 Å². The predicted molar refractivity (Wildman–Crippen MR) is 119 cm³/mol. The Kier molecular flexibility index (Phi) is 7.13. The highest BCUT2D eigenvalue weighted by Gasteiger charge is 2.19. The Morgan fingerprint density at radius 3 is 2.48 bits per heavy atom. The second kappa shape index (κ2) is 9.98. The van der Waals surface area contributed by atoms with Gasteiger partial charge < -0.3 is 20.5 Å². The summed E-state index contributed by atoms with van der Waals surface area (Å²) < 4.78 is 13.1. The number of hydrogen-bond donors (Lipinski definition) is 3. The van der Waals surface area contributed by atoms with Crippen LogP contribution in [-0.2, 0) is 4.79 Å². The molecule has 1 fully saturated rings. The number of carbonyl (C=O) groups excluding carboxylic acids is 1. The molecule has 2 aromatic carbocycles. The Balaban J connectivity index is 1.75. The topological polar surface area (TPSA) is 99.8 Å². The van der Waals surface area contributed by atoms with Crippen LogP contribution in [0.2, 0.25) is 0 Å². The van der Waals surface area contributed by atoms with Gasteiger partial charge in [0, 0.05) is 57.1 Å². The Morgan fingerprint density at radius 2 is 1.87 bits per heavy atom. The maximum absolute atomic E-state index is 13.1. The molecule has 4 N–H and O–H groups in total. The summed E-state index contributed by atoms with van der Waals surface area (Å²) in [4.78, 5) is 17.2. The van der Waals surface area contributed by atoms with Crippen molar-refractivity contribution >= 4 is 29.2 Å². The lowest BCUT2D eigenvalue weighted by atomic mass is 10.1. The number of rotatable bonds is 6. The second-order valence-corrected chi connectivity index (χ2v) is 7.53. The molecule has 31 heavy (non-hydrogen) atoms. The Labute approximate surface area is 181 Å². The first-order valence-corrected chi connectivity index (χ1v) is 10.0. The van der Waals surface area contributed by atoms with Crippen LogP contribution in [0.25, 0.3) is 0 Å². The van der Waals surface area contributed by atoms with Crippen LogP contribution in [0.1, 0.15) is 12.5 Å². The van der Waals surface area contributed by atoms with E-state index in [1.54, 1.807) is 36.5 Å². The molecule has 0 aliphatic carbocycles. The average Bonchev–Trinajstić information content (AvgIpc) is 2.76. The van der Waals surface area contributed by atoms with Crippen molar-refractivity contribution < 1.29 is 14.5 Å². The molecule has 8 heteroatoms. The van der Waals surface area contributed by atoms with Gasteiger partial charge in [0.1, 0.15) is 28.8 Å². The predicted octanol–water partition coefficient (Wildman–Crippen LogP) is 2.21. The molecule has 1 heterocycles. The Morgan fingerprint density at radius 1 is 1.19 bits per heavy atom. The summed E-state index contributed by atoms with van der Waals surface area (Å²) in [6.07, 6.45) is 0.995. The third-order valence-corrected chi connectivity index (χ3v) is 5.29. The molecular weight excluding hydrogens is 395 g/mol. The van der Waals surface area contributed by atoms with E-state index in [9.17, 15) is 14.4 Å². The van der Waals surface area contributed by atoms with Gasteiger partial charge in [-0.05, 0) is 37.4 Å². The monoisotopic (exact) mass is 421 g/mol. The molecule has 2 aromatic rings. The first-order valence-electron chi connectivity index (χ1n) is 10.0. The standard InChI is InChI=1S/C23H25FN6O/c1-16(27-19-5-3-18(24)4-6-19)21(15-26)23(31)28-20-7-8-22(17(13-20)14-25)30-11-9-29(2)10-12-30/h3-8,13,15,26-27H,9-12H2,1-2H3,(H,28,31)/p+1/b21-16+,26-15?. The fourth-order valence-corrected chi connectivity index (χ4v) is 3.47. The highest BCUT2D eigenvalue weighted by molar-refractivity contribution is 6.17. The fourth-order valence-electron chi connectivity index (χ4n) is 3.47. The molecule has 0 atom stereocenters. The van der Waals surface area contributed by atoms with E-state index in [0.29, 0.717) is 16.9 Å². The van der Waals surface area contributed by atoms with Crippen molar-refractivity contribution in [2.45, 2.75) is 6.92 Å². The fraction of sp³-hybridized carbons (Fsp3) is 0.261. The molecule has 1 aliphatic heterocycles. The number of quaternary nitrogens is 1. The number of nitrogens with one attached hydrogen (secondary N) is 2. The summed E-state index contributed by atoms with van der Waals surface area (Å²) in [6.45, 7) is 5.27. The summed E-state index contributed by atoms with van der Waals surface area (Å²) in [6, 6.07) is 13.4. The largest absolute Gasteiger partial charge is 0.368 e. The molecule has 3 rings (SSSR count). The van der Waals surface area contributed by atoms with Gasteiger partial charge in [-0.3, -0.25) is 10.1 Å². The lowest BCUT2D eigenvalue weighted by molar-refractivity contribution is -0.517. The number of halogens is 1. The van der Waals surface area contributed by atoms with E-state index in [-0.39, 0.29) is 11.4 Å². The van der Waals surface area contributed by atoms with Crippen molar-refractivity contribution in [1.82, 2.24) is 4.90 Å². The number of likely N-dealkylation sites (N-methyl/N-ethyl adjacent to an activating group) is 1. The van der Waals surface area contributed by atoms with E-state index in [1.165, 1.54) is 12.1 Å². The highest BCUT2D eigenvalue weighted by Crippen LogP contribution is 2.25. The SMILES string of the molecule is C/C([NH2+]c1ccc(F)cc1)=C(/C=N)C(=O)Nc1ccc(N2CCN(C)CC2)c(C#N)c1. The van der Waals surface area contributed by atoms with Gasteiger partial charge >= 0.3 is 0 Å². The highest BCUT2D eigenvalue weighted by atomic mass is 19.1. The lowest BCUT2D eigenvalue weighted by Crippen LogP contribution is -2.75. The minimum atomic E-state index is -0.443. The van der Waals surface area contributed by atoms with Crippen molar-refractivity contribution in [2.75, 3.05) is 43.4 Å². The number of amides is 1. The van der Waals surface area contributed by atoms with E-state index in [1.807, 2.05) is 6.07 Å². The van der Waals surface area contributed by atoms with Crippen molar-refractivity contribution in [3.8, 4) is 6.07 Å². The van der Waals surface area contributed by atoms with E-state index in [0.717, 1.165) is 43.8 Å². The van der Waals surface area contributed by atoms with Gasteiger partial charge in [-0.25, -0.2) is 4.39 Å². The van der Waals surface area contributed by atoms with E-state index < -0.39 is 5.91 Å². The summed E-state index contributed by atoms with van der Waals surface area (Å²) in [5.41, 5.74) is 3.34. The van der Waals surface area contributed by atoms with Crippen LogP contribution in [0.4, 0.5) is 21.5 Å².